The summed E-state index contributed by atoms with van der Waals surface area (Å²) < 4.78 is -1.25. The third-order valence-electron chi connectivity index (χ3n) is 8.67. The summed E-state index contributed by atoms with van der Waals surface area (Å²) in [5.41, 5.74) is 0.546. The maximum Gasteiger partial charge on any atom is 0.251 e. The maximum absolute atomic E-state index is 14.6. The molecule has 0 radical (unpaired) electrons. The number of rotatable bonds is 12. The van der Waals surface area contributed by atoms with Gasteiger partial charge in [0.25, 0.3) is 5.91 Å². The number of thioether (sulfide) groups is 1. The number of carbonyl (C=O) groups excluding carboxylic acids is 3. The van der Waals surface area contributed by atoms with E-state index in [1.54, 1.807) is 56.8 Å². The van der Waals surface area contributed by atoms with Crippen molar-refractivity contribution in [3.8, 4) is 0 Å². The molecule has 0 aliphatic carbocycles. The van der Waals surface area contributed by atoms with Gasteiger partial charge in [0.15, 0.2) is 0 Å². The van der Waals surface area contributed by atoms with Crippen molar-refractivity contribution in [2.24, 2.45) is 11.8 Å². The van der Waals surface area contributed by atoms with E-state index < -0.39 is 33.4 Å². The van der Waals surface area contributed by atoms with Crippen LogP contribution in [0.1, 0.15) is 46.5 Å². The number of aliphatic hydroxyl groups is 1. The third kappa shape index (κ3) is 4.72. The van der Waals surface area contributed by atoms with Crippen LogP contribution in [-0.4, -0.2) is 80.4 Å². The molecule has 3 heterocycles. The van der Waals surface area contributed by atoms with Gasteiger partial charge in [-0.15, -0.1) is 24.9 Å². The van der Waals surface area contributed by atoms with E-state index in [9.17, 15) is 19.5 Å². The monoisotopic (exact) mass is 573 g/mol. The fourth-order valence-corrected chi connectivity index (χ4v) is 9.56. The van der Waals surface area contributed by atoms with Crippen molar-refractivity contribution in [1.82, 2.24) is 9.80 Å². The molecule has 3 amide bonds. The van der Waals surface area contributed by atoms with Gasteiger partial charge in [-0.25, -0.2) is 0 Å². The lowest BCUT2D eigenvalue weighted by atomic mass is 9.66. The molecule has 3 fully saturated rings. The number of hydrogen-bond acceptors (Lipinski definition) is 5. The number of carbonyl (C=O) groups is 3. The van der Waals surface area contributed by atoms with Gasteiger partial charge in [0.1, 0.15) is 6.04 Å². The molecule has 3 aliphatic rings. The van der Waals surface area contributed by atoms with Gasteiger partial charge in [-0.3, -0.25) is 14.4 Å². The summed E-state index contributed by atoms with van der Waals surface area (Å²) in [7, 11) is 0. The van der Waals surface area contributed by atoms with Crippen LogP contribution in [0, 0.1) is 11.8 Å². The Morgan fingerprint density at radius 3 is 2.49 bits per heavy atom. The Morgan fingerprint density at radius 1 is 1.21 bits per heavy atom. The highest BCUT2D eigenvalue weighted by molar-refractivity contribution is 8.02. The number of likely N-dealkylation sites (tertiary alicyclic amines) is 1. The average Bonchev–Trinajstić information content (AvgIpc) is 3.49. The van der Waals surface area contributed by atoms with Crippen molar-refractivity contribution in [3.63, 3.8) is 0 Å². The Labute approximate surface area is 241 Å². The zero-order valence-corrected chi connectivity index (χ0v) is 24.7. The van der Waals surface area contributed by atoms with E-state index in [-0.39, 0.29) is 30.9 Å². The van der Waals surface area contributed by atoms with Gasteiger partial charge >= 0.3 is 0 Å². The molecule has 4 rings (SSSR count). The first-order valence-corrected chi connectivity index (χ1v) is 15.0. The number of benzene rings is 1. The Bertz CT molecular complexity index is 1140. The minimum absolute atomic E-state index is 0.0502. The first-order valence-electron chi connectivity index (χ1n) is 13.8. The number of aliphatic hydroxyl groups excluding tert-OH is 1. The largest absolute Gasteiger partial charge is 0.394 e. The number of hydrogen-bond donors (Lipinski definition) is 1. The predicted molar refractivity (Wildman–Crippen MR) is 158 cm³/mol. The standard InChI is InChI=1S/C30H40ClN3O4S/c1-6-16-32(17-7-2)26(36)23-24-27(37)34(20(9-4)19-35)25(30(24)15-14-29(23,5)39-30)28(38)33(18-8-3)22-13-11-10-12-21(22)31/h6,8,10-13,20,23-25,35H,1,3,7,9,14-19H2,2,4-5H3/t20-,23-,24-,25?,29+,30?/m0/s1. The highest BCUT2D eigenvalue weighted by Gasteiger charge is 2.78. The lowest BCUT2D eigenvalue weighted by molar-refractivity contribution is -0.146. The number of anilines is 1. The molecule has 9 heteroatoms. The van der Waals surface area contributed by atoms with Crippen molar-refractivity contribution in [1.29, 1.82) is 0 Å². The molecule has 1 aromatic carbocycles. The average molecular weight is 574 g/mol. The Hall–Kier alpha value is -2.29. The molecule has 6 atom stereocenters. The van der Waals surface area contributed by atoms with E-state index in [0.717, 1.165) is 12.8 Å². The predicted octanol–water partition coefficient (Wildman–Crippen LogP) is 4.54. The van der Waals surface area contributed by atoms with E-state index in [1.807, 2.05) is 19.9 Å². The van der Waals surface area contributed by atoms with Gasteiger partial charge in [0, 0.05) is 24.4 Å². The normalized spacial score (nSPS) is 29.7. The smallest absolute Gasteiger partial charge is 0.251 e. The molecule has 2 bridgehead atoms. The van der Waals surface area contributed by atoms with Crippen LogP contribution < -0.4 is 4.90 Å². The van der Waals surface area contributed by atoms with Crippen LogP contribution in [0.5, 0.6) is 0 Å². The lowest BCUT2D eigenvalue weighted by Gasteiger charge is -2.39. The van der Waals surface area contributed by atoms with Crippen LogP contribution >= 0.6 is 23.4 Å². The van der Waals surface area contributed by atoms with Gasteiger partial charge in [0.05, 0.1) is 39.9 Å². The molecule has 3 aliphatic heterocycles. The van der Waals surface area contributed by atoms with Crippen molar-refractivity contribution in [2.75, 3.05) is 31.1 Å². The molecular weight excluding hydrogens is 534 g/mol. The van der Waals surface area contributed by atoms with Crippen molar-refractivity contribution >= 4 is 46.8 Å². The highest BCUT2D eigenvalue weighted by atomic mass is 35.5. The van der Waals surface area contributed by atoms with Crippen molar-refractivity contribution in [2.45, 2.75) is 68.0 Å². The zero-order chi connectivity index (χ0) is 28.5. The van der Waals surface area contributed by atoms with Crippen LogP contribution in [0.2, 0.25) is 5.02 Å². The van der Waals surface area contributed by atoms with Gasteiger partial charge in [-0.1, -0.05) is 49.7 Å². The maximum atomic E-state index is 14.6. The number of halogens is 1. The molecule has 3 saturated heterocycles. The number of nitrogens with zero attached hydrogens (tertiary/aromatic N) is 3. The minimum Gasteiger partial charge on any atom is -0.394 e. The number of para-hydroxylation sites is 1. The van der Waals surface area contributed by atoms with Gasteiger partial charge in [0.2, 0.25) is 11.8 Å². The van der Waals surface area contributed by atoms with E-state index in [1.165, 1.54) is 0 Å². The second-order valence-corrected chi connectivity index (χ2v) is 13.3. The molecule has 212 valence electrons. The second kappa shape index (κ2) is 11.7. The first-order chi connectivity index (χ1) is 18.6. The van der Waals surface area contributed by atoms with Crippen LogP contribution in [0.15, 0.2) is 49.6 Å². The van der Waals surface area contributed by atoms with Gasteiger partial charge in [-0.05, 0) is 44.7 Å². The Balaban J connectivity index is 1.85. The zero-order valence-electron chi connectivity index (χ0n) is 23.1. The van der Waals surface area contributed by atoms with E-state index in [4.69, 9.17) is 11.6 Å². The summed E-state index contributed by atoms with van der Waals surface area (Å²) in [5, 5.41) is 10.8. The minimum atomic E-state index is -0.841. The van der Waals surface area contributed by atoms with E-state index in [0.29, 0.717) is 36.6 Å². The summed E-state index contributed by atoms with van der Waals surface area (Å²) in [6.07, 6.45) is 6.02. The molecule has 1 N–H and O–H groups in total. The van der Waals surface area contributed by atoms with E-state index in [2.05, 4.69) is 20.1 Å². The van der Waals surface area contributed by atoms with Gasteiger partial charge in [-0.2, -0.15) is 0 Å². The summed E-state index contributed by atoms with van der Waals surface area (Å²) in [6, 6.07) is 5.76. The number of fused-ring (bicyclic) bond motifs is 1. The number of amides is 3. The molecule has 2 unspecified atom stereocenters. The third-order valence-corrected chi connectivity index (χ3v) is 11.0. The van der Waals surface area contributed by atoms with Crippen molar-refractivity contribution < 1.29 is 19.5 Å². The van der Waals surface area contributed by atoms with Crippen LogP contribution in [-0.2, 0) is 14.4 Å². The summed E-state index contributed by atoms with van der Waals surface area (Å²) >= 11 is 8.18. The molecule has 39 heavy (non-hydrogen) atoms. The Morgan fingerprint density at radius 2 is 1.90 bits per heavy atom. The molecule has 0 saturated carbocycles. The molecule has 1 spiro atoms. The topological polar surface area (TPSA) is 81.2 Å². The summed E-state index contributed by atoms with van der Waals surface area (Å²) in [5.74, 6) is -1.72. The fraction of sp³-hybridized carbons (Fsp3) is 0.567. The van der Waals surface area contributed by atoms with Crippen molar-refractivity contribution in [3.05, 3.63) is 54.6 Å². The first kappa shape index (κ1) is 29.7. The van der Waals surface area contributed by atoms with Crippen LogP contribution in [0.3, 0.4) is 0 Å². The van der Waals surface area contributed by atoms with Crippen LogP contribution in [0.25, 0.3) is 0 Å². The molecule has 7 nitrogen and oxygen atoms in total. The fourth-order valence-electron chi connectivity index (χ4n) is 6.99. The van der Waals surface area contributed by atoms with Crippen LogP contribution in [0.4, 0.5) is 5.69 Å². The molecular formula is C30H40ClN3O4S. The molecule has 0 aromatic heterocycles. The quantitative estimate of drug-likeness (QED) is 0.371. The summed E-state index contributed by atoms with van der Waals surface area (Å²) in [4.78, 5) is 48.2. The summed E-state index contributed by atoms with van der Waals surface area (Å²) in [6.45, 7) is 14.6. The highest BCUT2D eigenvalue weighted by Crippen LogP contribution is 2.72. The SMILES string of the molecule is C=CCN(CCC)C(=O)[C@@H]1[C@H]2C(=O)N([C@@H](CC)CO)C(C(=O)N(CC=C)c3ccccc3Cl)C23CC[C@@]1(C)S3. The second-order valence-electron chi connectivity index (χ2n) is 11.0. The molecule has 1 aromatic rings. The van der Waals surface area contributed by atoms with Gasteiger partial charge < -0.3 is 19.8 Å². The Kier molecular flexibility index (Phi) is 8.89. The lowest BCUT2D eigenvalue weighted by Crippen LogP contribution is -2.57. The van der Waals surface area contributed by atoms with E-state index >= 15 is 0 Å².